The van der Waals surface area contributed by atoms with Gasteiger partial charge in [0.05, 0.1) is 18.1 Å². The molecule has 1 atom stereocenters. The summed E-state index contributed by atoms with van der Waals surface area (Å²) in [5.74, 6) is 0.351. The molecule has 1 unspecified atom stereocenters. The number of urea groups is 1. The van der Waals surface area contributed by atoms with Crippen molar-refractivity contribution >= 4 is 27.9 Å². The van der Waals surface area contributed by atoms with Crippen LogP contribution in [0.2, 0.25) is 0 Å². The van der Waals surface area contributed by atoms with Crippen molar-refractivity contribution in [3.8, 4) is 5.75 Å². The number of ether oxygens (including phenoxy) is 1. The minimum Gasteiger partial charge on any atom is -0.496 e. The number of hydrogen-bond donors (Lipinski definition) is 3. The maximum atomic E-state index is 11.9. The van der Waals surface area contributed by atoms with Crippen LogP contribution >= 0.6 is 15.9 Å². The van der Waals surface area contributed by atoms with Crippen LogP contribution < -0.4 is 20.7 Å². The van der Waals surface area contributed by atoms with Crippen molar-refractivity contribution in [3.05, 3.63) is 64.1 Å². The molecule has 6 nitrogen and oxygen atoms in total. The Morgan fingerprint density at radius 3 is 2.54 bits per heavy atom. The summed E-state index contributed by atoms with van der Waals surface area (Å²) in [5, 5.41) is 8.05. The van der Waals surface area contributed by atoms with Gasteiger partial charge in [0, 0.05) is 12.6 Å². The highest BCUT2D eigenvalue weighted by atomic mass is 79.9. The normalized spacial score (nSPS) is 11.5. The highest BCUT2D eigenvalue weighted by molar-refractivity contribution is 9.10. The average molecular weight is 420 g/mol. The standard InChI is InChI=1S/C19H22BrN3O3/c1-13(15-8-9-17(26-2)16(20)10-15)21-12-18(24)23-19(25)22-11-14-6-4-3-5-7-14/h3-10,13,21H,11-12H2,1-2H3,(H2,22,23,24,25). The number of nitrogens with one attached hydrogen (secondary N) is 3. The van der Waals surface area contributed by atoms with Crippen molar-refractivity contribution in [2.24, 2.45) is 0 Å². The molecule has 0 saturated carbocycles. The smallest absolute Gasteiger partial charge is 0.321 e. The maximum absolute atomic E-state index is 11.9. The molecular formula is C19H22BrN3O3. The van der Waals surface area contributed by atoms with E-state index in [1.807, 2.05) is 55.5 Å². The number of imide groups is 1. The zero-order valence-corrected chi connectivity index (χ0v) is 16.3. The Morgan fingerprint density at radius 1 is 1.15 bits per heavy atom. The number of benzene rings is 2. The highest BCUT2D eigenvalue weighted by Gasteiger charge is 2.12. The second kappa shape index (κ2) is 9.94. The number of hydrogen-bond acceptors (Lipinski definition) is 4. The molecule has 0 bridgehead atoms. The average Bonchev–Trinajstić information content (AvgIpc) is 2.65. The van der Waals surface area contributed by atoms with Gasteiger partial charge in [0.15, 0.2) is 0 Å². The third kappa shape index (κ3) is 6.16. The molecule has 0 spiro atoms. The van der Waals surface area contributed by atoms with E-state index in [2.05, 4.69) is 31.9 Å². The van der Waals surface area contributed by atoms with Gasteiger partial charge in [0.25, 0.3) is 0 Å². The van der Waals surface area contributed by atoms with Crippen LogP contribution in [-0.4, -0.2) is 25.6 Å². The molecule has 2 rings (SSSR count). The van der Waals surface area contributed by atoms with Gasteiger partial charge in [-0.3, -0.25) is 10.1 Å². The van der Waals surface area contributed by atoms with E-state index < -0.39 is 11.9 Å². The molecule has 7 heteroatoms. The SMILES string of the molecule is COc1ccc(C(C)NCC(=O)NC(=O)NCc2ccccc2)cc1Br. The zero-order chi connectivity index (χ0) is 18.9. The molecule has 0 aromatic heterocycles. The molecule has 0 saturated heterocycles. The van der Waals surface area contributed by atoms with Crippen LogP contribution in [0.25, 0.3) is 0 Å². The number of rotatable bonds is 7. The van der Waals surface area contributed by atoms with E-state index in [1.54, 1.807) is 7.11 Å². The van der Waals surface area contributed by atoms with Crippen LogP contribution in [0, 0.1) is 0 Å². The van der Waals surface area contributed by atoms with Crippen LogP contribution in [-0.2, 0) is 11.3 Å². The van der Waals surface area contributed by atoms with E-state index in [0.29, 0.717) is 6.54 Å². The lowest BCUT2D eigenvalue weighted by atomic mass is 10.1. The molecule has 26 heavy (non-hydrogen) atoms. The Bertz CT molecular complexity index is 753. The van der Waals surface area contributed by atoms with E-state index in [0.717, 1.165) is 21.3 Å². The Morgan fingerprint density at radius 2 is 1.88 bits per heavy atom. The van der Waals surface area contributed by atoms with Crippen molar-refractivity contribution in [3.63, 3.8) is 0 Å². The van der Waals surface area contributed by atoms with Gasteiger partial charge in [-0.15, -0.1) is 0 Å². The highest BCUT2D eigenvalue weighted by Crippen LogP contribution is 2.27. The minimum atomic E-state index is -0.513. The Balaban J connectivity index is 1.75. The number of amides is 3. The molecule has 0 aliphatic heterocycles. The first kappa shape index (κ1) is 19.9. The summed E-state index contributed by atoms with van der Waals surface area (Å²) in [6, 6.07) is 14.6. The molecule has 0 aliphatic rings. The lowest BCUT2D eigenvalue weighted by Gasteiger charge is -2.15. The van der Waals surface area contributed by atoms with Crippen LogP contribution in [0.1, 0.15) is 24.1 Å². The van der Waals surface area contributed by atoms with Gasteiger partial charge < -0.3 is 15.4 Å². The lowest BCUT2D eigenvalue weighted by molar-refractivity contribution is -0.119. The lowest BCUT2D eigenvalue weighted by Crippen LogP contribution is -2.43. The van der Waals surface area contributed by atoms with Gasteiger partial charge in [0.1, 0.15) is 5.75 Å². The summed E-state index contributed by atoms with van der Waals surface area (Å²) in [7, 11) is 1.61. The third-order valence-corrected chi connectivity index (χ3v) is 4.41. The molecule has 0 fully saturated rings. The van der Waals surface area contributed by atoms with Crippen molar-refractivity contribution in [2.75, 3.05) is 13.7 Å². The molecule has 2 aromatic carbocycles. The number of halogens is 1. The quantitative estimate of drug-likeness (QED) is 0.643. The Labute approximate surface area is 161 Å². The summed E-state index contributed by atoms with van der Waals surface area (Å²) >= 11 is 3.44. The van der Waals surface area contributed by atoms with E-state index in [-0.39, 0.29) is 12.6 Å². The largest absolute Gasteiger partial charge is 0.496 e. The first-order valence-corrected chi connectivity index (χ1v) is 8.97. The second-order valence-electron chi connectivity index (χ2n) is 5.71. The van der Waals surface area contributed by atoms with Gasteiger partial charge in [-0.1, -0.05) is 36.4 Å². The molecule has 0 radical (unpaired) electrons. The fourth-order valence-corrected chi connectivity index (χ4v) is 2.87. The summed E-state index contributed by atoms with van der Waals surface area (Å²) < 4.78 is 6.04. The molecule has 2 aromatic rings. The van der Waals surface area contributed by atoms with Crippen molar-refractivity contribution in [1.29, 1.82) is 0 Å². The van der Waals surface area contributed by atoms with E-state index in [9.17, 15) is 9.59 Å². The van der Waals surface area contributed by atoms with E-state index >= 15 is 0 Å². The van der Waals surface area contributed by atoms with Crippen molar-refractivity contribution in [1.82, 2.24) is 16.0 Å². The Hall–Kier alpha value is -2.38. The molecular weight excluding hydrogens is 398 g/mol. The summed E-state index contributed by atoms with van der Waals surface area (Å²) in [6.45, 7) is 2.34. The topological polar surface area (TPSA) is 79.5 Å². The molecule has 3 N–H and O–H groups in total. The van der Waals surface area contributed by atoms with Gasteiger partial charge in [-0.2, -0.15) is 0 Å². The Kier molecular flexibility index (Phi) is 7.62. The van der Waals surface area contributed by atoms with Gasteiger partial charge in [-0.05, 0) is 46.1 Å². The van der Waals surface area contributed by atoms with Crippen molar-refractivity contribution in [2.45, 2.75) is 19.5 Å². The molecule has 0 heterocycles. The third-order valence-electron chi connectivity index (χ3n) is 3.79. The number of carbonyl (C=O) groups excluding carboxylic acids is 2. The van der Waals surface area contributed by atoms with Crippen LogP contribution in [0.3, 0.4) is 0 Å². The van der Waals surface area contributed by atoms with Crippen molar-refractivity contribution < 1.29 is 14.3 Å². The number of methoxy groups -OCH3 is 1. The first-order valence-electron chi connectivity index (χ1n) is 8.18. The zero-order valence-electron chi connectivity index (χ0n) is 14.7. The van der Waals surface area contributed by atoms with Gasteiger partial charge >= 0.3 is 6.03 Å². The molecule has 3 amide bonds. The predicted molar refractivity (Wildman–Crippen MR) is 104 cm³/mol. The molecule has 0 aliphatic carbocycles. The van der Waals surface area contributed by atoms with E-state index in [1.165, 1.54) is 0 Å². The van der Waals surface area contributed by atoms with Crippen LogP contribution in [0.5, 0.6) is 5.75 Å². The van der Waals surface area contributed by atoms with Gasteiger partial charge in [-0.25, -0.2) is 4.79 Å². The minimum absolute atomic E-state index is 0.0313. The van der Waals surface area contributed by atoms with E-state index in [4.69, 9.17) is 4.74 Å². The second-order valence-corrected chi connectivity index (χ2v) is 6.57. The fraction of sp³-hybridized carbons (Fsp3) is 0.263. The summed E-state index contributed by atoms with van der Waals surface area (Å²) in [5.41, 5.74) is 1.96. The summed E-state index contributed by atoms with van der Waals surface area (Å²) in [6.07, 6.45) is 0. The monoisotopic (exact) mass is 419 g/mol. The summed E-state index contributed by atoms with van der Waals surface area (Å²) in [4.78, 5) is 23.7. The van der Waals surface area contributed by atoms with Crippen LogP contribution in [0.4, 0.5) is 4.79 Å². The predicted octanol–water partition coefficient (Wildman–Crippen LogP) is 3.13. The molecule has 138 valence electrons. The van der Waals surface area contributed by atoms with Gasteiger partial charge in [0.2, 0.25) is 5.91 Å². The maximum Gasteiger partial charge on any atom is 0.321 e. The first-order chi connectivity index (χ1) is 12.5. The van der Waals surface area contributed by atoms with Crippen LogP contribution in [0.15, 0.2) is 53.0 Å². The number of carbonyl (C=O) groups is 2. The fourth-order valence-electron chi connectivity index (χ4n) is 2.31.